The van der Waals surface area contributed by atoms with E-state index in [9.17, 15) is 4.79 Å². The quantitative estimate of drug-likeness (QED) is 0.503. The summed E-state index contributed by atoms with van der Waals surface area (Å²) in [6.07, 6.45) is 6.01. The van der Waals surface area contributed by atoms with Gasteiger partial charge in [0.25, 0.3) is 5.91 Å². The van der Waals surface area contributed by atoms with Gasteiger partial charge in [0, 0.05) is 29.6 Å². The van der Waals surface area contributed by atoms with E-state index in [2.05, 4.69) is 40.7 Å². The molecule has 1 heterocycles. The van der Waals surface area contributed by atoms with Crippen LogP contribution in [0.3, 0.4) is 0 Å². The van der Waals surface area contributed by atoms with Gasteiger partial charge in [-0.1, -0.05) is 24.3 Å². The van der Waals surface area contributed by atoms with E-state index in [-0.39, 0.29) is 5.91 Å². The van der Waals surface area contributed by atoms with Gasteiger partial charge in [-0.05, 0) is 66.6 Å². The van der Waals surface area contributed by atoms with Crippen molar-refractivity contribution in [1.82, 2.24) is 10.2 Å². The van der Waals surface area contributed by atoms with Gasteiger partial charge in [-0.15, -0.1) is 11.8 Å². The molecule has 150 valence electrons. The van der Waals surface area contributed by atoms with E-state index >= 15 is 0 Å². The van der Waals surface area contributed by atoms with Crippen molar-refractivity contribution in [2.24, 2.45) is 0 Å². The molecule has 1 aliphatic carbocycles. The first-order valence-electron chi connectivity index (χ1n) is 9.97. The van der Waals surface area contributed by atoms with Crippen molar-refractivity contribution in [2.45, 2.75) is 43.4 Å². The van der Waals surface area contributed by atoms with Crippen LogP contribution in [0.25, 0.3) is 0 Å². The highest BCUT2D eigenvalue weighted by molar-refractivity contribution is 7.98. The Bertz CT molecular complexity index is 917. The summed E-state index contributed by atoms with van der Waals surface area (Å²) in [4.78, 5) is 15.8. The number of hydrogen-bond donors (Lipinski definition) is 1. The summed E-state index contributed by atoms with van der Waals surface area (Å²) in [6.45, 7) is 2.36. The van der Waals surface area contributed by atoms with Gasteiger partial charge in [-0.2, -0.15) is 0 Å². The van der Waals surface area contributed by atoms with Crippen molar-refractivity contribution in [1.29, 1.82) is 0 Å². The molecule has 0 aliphatic heterocycles. The zero-order valence-electron chi connectivity index (χ0n) is 16.6. The molecule has 1 saturated carbocycles. The van der Waals surface area contributed by atoms with Gasteiger partial charge in [0.1, 0.15) is 5.76 Å². The second-order valence-electron chi connectivity index (χ2n) is 7.52. The predicted octanol–water partition coefficient (Wildman–Crippen LogP) is 5.10. The van der Waals surface area contributed by atoms with Crippen LogP contribution >= 0.6 is 11.8 Å². The van der Waals surface area contributed by atoms with E-state index in [1.165, 1.54) is 16.0 Å². The summed E-state index contributed by atoms with van der Waals surface area (Å²) < 4.78 is 5.57. The average Bonchev–Trinajstić information content (AvgIpc) is 3.41. The largest absolute Gasteiger partial charge is 0.468 e. The number of rotatable bonds is 9. The summed E-state index contributed by atoms with van der Waals surface area (Å²) in [5.41, 5.74) is 3.18. The molecule has 29 heavy (non-hydrogen) atoms. The number of benzene rings is 2. The lowest BCUT2D eigenvalue weighted by Crippen LogP contribution is -2.25. The van der Waals surface area contributed by atoms with Crippen molar-refractivity contribution >= 4 is 17.7 Å². The van der Waals surface area contributed by atoms with Crippen LogP contribution in [0, 0.1) is 0 Å². The SMILES string of the molecule is CSc1ccc(CN(Cc2ccc(C(=O)NC3CC3)cc2)Cc2ccco2)cc1. The molecule has 3 aromatic rings. The molecule has 1 N–H and O–H groups in total. The van der Waals surface area contributed by atoms with Crippen LogP contribution in [-0.2, 0) is 19.6 Å². The van der Waals surface area contributed by atoms with E-state index < -0.39 is 0 Å². The zero-order chi connectivity index (χ0) is 20.1. The van der Waals surface area contributed by atoms with Gasteiger partial charge in [0.05, 0.1) is 12.8 Å². The highest BCUT2D eigenvalue weighted by Crippen LogP contribution is 2.20. The number of carbonyl (C=O) groups excluding carboxylic acids is 1. The molecule has 1 amide bonds. The topological polar surface area (TPSA) is 45.5 Å². The molecule has 0 saturated heterocycles. The Morgan fingerprint density at radius 3 is 2.21 bits per heavy atom. The third-order valence-corrected chi connectivity index (χ3v) is 5.80. The predicted molar refractivity (Wildman–Crippen MR) is 117 cm³/mol. The minimum absolute atomic E-state index is 0.0281. The van der Waals surface area contributed by atoms with Gasteiger partial charge in [-0.25, -0.2) is 0 Å². The molecule has 1 fully saturated rings. The minimum Gasteiger partial charge on any atom is -0.468 e. The van der Waals surface area contributed by atoms with Crippen LogP contribution in [0.1, 0.15) is 40.1 Å². The highest BCUT2D eigenvalue weighted by atomic mass is 32.2. The normalized spacial score (nSPS) is 13.6. The smallest absolute Gasteiger partial charge is 0.251 e. The minimum atomic E-state index is 0.0281. The molecule has 1 aliphatic rings. The third kappa shape index (κ3) is 5.75. The van der Waals surface area contributed by atoms with E-state index in [0.717, 1.165) is 43.8 Å². The maximum absolute atomic E-state index is 12.2. The summed E-state index contributed by atoms with van der Waals surface area (Å²) in [6, 6.07) is 21.0. The lowest BCUT2D eigenvalue weighted by molar-refractivity contribution is 0.0951. The van der Waals surface area contributed by atoms with Crippen LogP contribution in [0.2, 0.25) is 0 Å². The molecule has 0 radical (unpaired) electrons. The first-order valence-corrected chi connectivity index (χ1v) is 11.2. The Morgan fingerprint density at radius 2 is 1.66 bits per heavy atom. The van der Waals surface area contributed by atoms with Gasteiger partial charge in [0.2, 0.25) is 0 Å². The molecule has 5 heteroatoms. The summed E-state index contributed by atoms with van der Waals surface area (Å²) >= 11 is 1.75. The fraction of sp³-hybridized carbons (Fsp3) is 0.292. The van der Waals surface area contributed by atoms with Crippen LogP contribution in [0.4, 0.5) is 0 Å². The molecule has 1 aromatic heterocycles. The zero-order valence-corrected chi connectivity index (χ0v) is 17.5. The molecule has 4 nitrogen and oxygen atoms in total. The van der Waals surface area contributed by atoms with Crippen molar-refractivity contribution in [3.63, 3.8) is 0 Å². The van der Waals surface area contributed by atoms with Crippen LogP contribution in [0.5, 0.6) is 0 Å². The average molecular weight is 407 g/mol. The molecule has 2 aromatic carbocycles. The first kappa shape index (κ1) is 19.8. The fourth-order valence-electron chi connectivity index (χ4n) is 3.30. The molecule has 0 atom stereocenters. The Morgan fingerprint density at radius 1 is 1.00 bits per heavy atom. The Kier molecular flexibility index (Phi) is 6.37. The summed E-state index contributed by atoms with van der Waals surface area (Å²) in [5, 5.41) is 3.04. The molecule has 0 bridgehead atoms. The molecule has 4 rings (SSSR count). The van der Waals surface area contributed by atoms with Gasteiger partial charge in [-0.3, -0.25) is 9.69 Å². The Balaban J connectivity index is 1.44. The summed E-state index contributed by atoms with van der Waals surface area (Å²) in [7, 11) is 0. The van der Waals surface area contributed by atoms with Crippen LogP contribution in [0.15, 0.2) is 76.2 Å². The fourth-order valence-corrected chi connectivity index (χ4v) is 3.70. The van der Waals surface area contributed by atoms with Crippen LogP contribution < -0.4 is 5.32 Å². The van der Waals surface area contributed by atoms with Crippen LogP contribution in [-0.4, -0.2) is 23.1 Å². The van der Waals surface area contributed by atoms with E-state index in [1.807, 2.05) is 36.4 Å². The van der Waals surface area contributed by atoms with Gasteiger partial charge < -0.3 is 9.73 Å². The number of hydrogen-bond acceptors (Lipinski definition) is 4. The molecule has 0 unspecified atom stereocenters. The summed E-state index contributed by atoms with van der Waals surface area (Å²) in [5.74, 6) is 0.978. The lowest BCUT2D eigenvalue weighted by Gasteiger charge is -2.22. The monoisotopic (exact) mass is 406 g/mol. The second kappa shape index (κ2) is 9.33. The van der Waals surface area contributed by atoms with E-state index in [1.54, 1.807) is 18.0 Å². The van der Waals surface area contributed by atoms with Gasteiger partial charge in [0.15, 0.2) is 0 Å². The molecular weight excluding hydrogens is 380 g/mol. The number of nitrogens with zero attached hydrogens (tertiary/aromatic N) is 1. The van der Waals surface area contributed by atoms with E-state index in [4.69, 9.17) is 4.42 Å². The number of thioether (sulfide) groups is 1. The van der Waals surface area contributed by atoms with E-state index in [0.29, 0.717) is 6.04 Å². The number of furan rings is 1. The molecular formula is C24H26N2O2S. The maximum Gasteiger partial charge on any atom is 0.251 e. The van der Waals surface area contributed by atoms with Crippen molar-refractivity contribution in [2.75, 3.05) is 6.26 Å². The number of carbonyl (C=O) groups is 1. The third-order valence-electron chi connectivity index (χ3n) is 5.06. The highest BCUT2D eigenvalue weighted by Gasteiger charge is 2.23. The van der Waals surface area contributed by atoms with Crippen molar-refractivity contribution in [3.8, 4) is 0 Å². The Labute approximate surface area is 176 Å². The number of amides is 1. The van der Waals surface area contributed by atoms with Gasteiger partial charge >= 0.3 is 0 Å². The van der Waals surface area contributed by atoms with Crippen molar-refractivity contribution < 1.29 is 9.21 Å². The second-order valence-corrected chi connectivity index (χ2v) is 8.40. The molecule has 0 spiro atoms. The number of nitrogens with one attached hydrogen (secondary N) is 1. The standard InChI is InChI=1S/C24H26N2O2S/c1-29-23-12-6-19(7-13-23)16-26(17-22-3-2-14-28-22)15-18-4-8-20(9-5-18)24(27)25-21-10-11-21/h2-9,12-14,21H,10-11,15-17H2,1H3,(H,25,27). The first-order chi connectivity index (χ1) is 14.2. The van der Waals surface area contributed by atoms with Crippen molar-refractivity contribution in [3.05, 3.63) is 89.4 Å². The Hall–Kier alpha value is -2.50. The maximum atomic E-state index is 12.2. The lowest BCUT2D eigenvalue weighted by atomic mass is 10.1.